The van der Waals surface area contributed by atoms with E-state index < -0.39 is 0 Å². The Bertz CT molecular complexity index is 130. The summed E-state index contributed by atoms with van der Waals surface area (Å²) in [4.78, 5) is 2.14. The van der Waals surface area contributed by atoms with Crippen LogP contribution in [0.25, 0.3) is 0 Å². The number of hydrogen-bond acceptors (Lipinski definition) is 3. The van der Waals surface area contributed by atoms with Crippen LogP contribution in [0.4, 0.5) is 0 Å². The predicted molar refractivity (Wildman–Crippen MR) is 49.9 cm³/mol. The first-order chi connectivity index (χ1) is 5.66. The van der Waals surface area contributed by atoms with Crippen LogP contribution in [0.2, 0.25) is 0 Å². The van der Waals surface area contributed by atoms with Gasteiger partial charge in [0.25, 0.3) is 0 Å². The summed E-state index contributed by atoms with van der Waals surface area (Å²) in [6.07, 6.45) is 3.88. The molecule has 2 atom stereocenters. The van der Waals surface area contributed by atoms with Gasteiger partial charge in [0.15, 0.2) is 0 Å². The molecule has 0 spiro atoms. The third kappa shape index (κ3) is 1.97. The van der Waals surface area contributed by atoms with E-state index in [-0.39, 0.29) is 12.6 Å². The molecule has 1 aliphatic rings. The topological polar surface area (TPSA) is 49.5 Å². The summed E-state index contributed by atoms with van der Waals surface area (Å²) in [7, 11) is 4.08. The first kappa shape index (κ1) is 9.96. The molecule has 0 radical (unpaired) electrons. The molecule has 72 valence electrons. The lowest BCUT2D eigenvalue weighted by molar-refractivity contribution is 0.0921. The Hall–Kier alpha value is -0.120. The van der Waals surface area contributed by atoms with Gasteiger partial charge in [-0.05, 0) is 32.9 Å². The molecule has 3 heteroatoms. The maximum atomic E-state index is 8.97. The largest absolute Gasteiger partial charge is 0.395 e. The van der Waals surface area contributed by atoms with E-state index >= 15 is 0 Å². The van der Waals surface area contributed by atoms with Crippen molar-refractivity contribution in [3.63, 3.8) is 0 Å². The predicted octanol–water partition coefficient (Wildman–Crippen LogP) is 0.0363. The van der Waals surface area contributed by atoms with Crippen LogP contribution in [0.3, 0.4) is 0 Å². The van der Waals surface area contributed by atoms with Crippen LogP contribution in [0.5, 0.6) is 0 Å². The highest BCUT2D eigenvalue weighted by atomic mass is 16.3. The fraction of sp³-hybridized carbons (Fsp3) is 1.00. The summed E-state index contributed by atoms with van der Waals surface area (Å²) < 4.78 is 0. The number of aliphatic hydroxyl groups excluding tert-OH is 1. The van der Waals surface area contributed by atoms with E-state index in [0.29, 0.717) is 12.0 Å². The fourth-order valence-corrected chi connectivity index (χ4v) is 2.04. The summed E-state index contributed by atoms with van der Waals surface area (Å²) in [5.74, 6) is 0.710. The molecule has 0 aromatic heterocycles. The van der Waals surface area contributed by atoms with E-state index in [2.05, 4.69) is 4.90 Å². The van der Waals surface area contributed by atoms with Gasteiger partial charge in [0.1, 0.15) is 0 Å². The van der Waals surface area contributed by atoms with Gasteiger partial charge in [-0.2, -0.15) is 0 Å². The minimum Gasteiger partial charge on any atom is -0.395 e. The van der Waals surface area contributed by atoms with E-state index in [1.165, 1.54) is 19.3 Å². The van der Waals surface area contributed by atoms with Gasteiger partial charge in [-0.15, -0.1) is 0 Å². The molecule has 2 unspecified atom stereocenters. The normalized spacial score (nSPS) is 23.8. The number of rotatable bonds is 4. The maximum absolute atomic E-state index is 8.97. The molecule has 0 aromatic rings. The average molecular weight is 172 g/mol. The Kier molecular flexibility index (Phi) is 3.50. The Labute approximate surface area is 74.5 Å². The number of nitrogens with two attached hydrogens (primary N) is 1. The van der Waals surface area contributed by atoms with E-state index in [1.807, 2.05) is 14.1 Å². The Morgan fingerprint density at radius 3 is 2.33 bits per heavy atom. The zero-order chi connectivity index (χ0) is 9.14. The van der Waals surface area contributed by atoms with Crippen molar-refractivity contribution in [1.29, 1.82) is 0 Å². The molecule has 1 rings (SSSR count). The average Bonchev–Trinajstić information content (AvgIpc) is 1.94. The summed E-state index contributed by atoms with van der Waals surface area (Å²) in [6.45, 7) is 0.0966. The van der Waals surface area contributed by atoms with Crippen LogP contribution < -0.4 is 5.73 Å². The Morgan fingerprint density at radius 1 is 1.50 bits per heavy atom. The molecule has 1 saturated carbocycles. The van der Waals surface area contributed by atoms with Crippen molar-refractivity contribution < 1.29 is 5.11 Å². The van der Waals surface area contributed by atoms with Crippen molar-refractivity contribution in [3.8, 4) is 0 Å². The van der Waals surface area contributed by atoms with E-state index in [1.54, 1.807) is 0 Å². The third-order valence-electron chi connectivity index (χ3n) is 2.88. The molecule has 1 fully saturated rings. The zero-order valence-electron chi connectivity index (χ0n) is 8.03. The van der Waals surface area contributed by atoms with Crippen LogP contribution in [0, 0.1) is 5.92 Å². The summed E-state index contributed by atoms with van der Waals surface area (Å²) >= 11 is 0. The summed E-state index contributed by atoms with van der Waals surface area (Å²) in [5, 5.41) is 8.97. The monoisotopic (exact) mass is 172 g/mol. The Balaban J connectivity index is 2.47. The second-order valence-corrected chi connectivity index (χ2v) is 3.99. The highest BCUT2D eigenvalue weighted by molar-refractivity contribution is 4.89. The van der Waals surface area contributed by atoms with Crippen molar-refractivity contribution in [2.75, 3.05) is 20.7 Å². The first-order valence-electron chi connectivity index (χ1n) is 4.69. The van der Waals surface area contributed by atoms with Crippen LogP contribution >= 0.6 is 0 Å². The van der Waals surface area contributed by atoms with Gasteiger partial charge in [0.2, 0.25) is 0 Å². The van der Waals surface area contributed by atoms with Gasteiger partial charge >= 0.3 is 0 Å². The summed E-state index contributed by atoms with van der Waals surface area (Å²) in [5.41, 5.74) is 5.84. The quantitative estimate of drug-likeness (QED) is 0.629. The molecule has 12 heavy (non-hydrogen) atoms. The molecule has 3 N–H and O–H groups in total. The smallest absolute Gasteiger partial charge is 0.0597 e. The maximum Gasteiger partial charge on any atom is 0.0597 e. The fourth-order valence-electron chi connectivity index (χ4n) is 2.04. The molecule has 3 nitrogen and oxygen atoms in total. The molecule has 0 aromatic carbocycles. The Morgan fingerprint density at radius 2 is 2.08 bits per heavy atom. The van der Waals surface area contributed by atoms with Crippen molar-refractivity contribution in [3.05, 3.63) is 0 Å². The molecule has 0 heterocycles. The number of aliphatic hydroxyl groups is 1. The van der Waals surface area contributed by atoms with E-state index in [0.717, 1.165) is 0 Å². The molecule has 0 bridgehead atoms. The zero-order valence-corrected chi connectivity index (χ0v) is 8.03. The minimum absolute atomic E-state index is 0.0784. The SMILES string of the molecule is CN(C)C(C(N)CO)C1CCC1. The van der Waals surface area contributed by atoms with Gasteiger partial charge < -0.3 is 15.7 Å². The van der Waals surface area contributed by atoms with Crippen LogP contribution in [0.15, 0.2) is 0 Å². The van der Waals surface area contributed by atoms with E-state index in [4.69, 9.17) is 10.8 Å². The second kappa shape index (κ2) is 4.21. The highest BCUT2D eigenvalue weighted by Gasteiger charge is 2.32. The third-order valence-corrected chi connectivity index (χ3v) is 2.88. The summed E-state index contributed by atoms with van der Waals surface area (Å²) in [6, 6.07) is 0.286. The van der Waals surface area contributed by atoms with Gasteiger partial charge in [-0.3, -0.25) is 0 Å². The highest BCUT2D eigenvalue weighted by Crippen LogP contribution is 2.32. The van der Waals surface area contributed by atoms with Gasteiger partial charge in [-0.25, -0.2) is 0 Å². The lowest BCUT2D eigenvalue weighted by Crippen LogP contribution is -2.52. The molecule has 1 aliphatic carbocycles. The van der Waals surface area contributed by atoms with Gasteiger partial charge in [-0.1, -0.05) is 6.42 Å². The lowest BCUT2D eigenvalue weighted by Gasteiger charge is -2.40. The van der Waals surface area contributed by atoms with Crippen molar-refractivity contribution in [2.24, 2.45) is 11.7 Å². The molecule has 0 amide bonds. The van der Waals surface area contributed by atoms with Crippen LogP contribution in [-0.2, 0) is 0 Å². The standard InChI is InChI=1S/C9H20N2O/c1-11(2)9(8(10)6-12)7-4-3-5-7/h7-9,12H,3-6,10H2,1-2H3. The van der Waals surface area contributed by atoms with Crippen LogP contribution in [-0.4, -0.2) is 42.8 Å². The lowest BCUT2D eigenvalue weighted by atomic mass is 9.77. The van der Waals surface area contributed by atoms with Crippen molar-refractivity contribution >= 4 is 0 Å². The first-order valence-corrected chi connectivity index (χ1v) is 4.69. The van der Waals surface area contributed by atoms with Gasteiger partial charge in [0, 0.05) is 12.1 Å². The van der Waals surface area contributed by atoms with Gasteiger partial charge in [0.05, 0.1) is 6.61 Å². The molecule has 0 aliphatic heterocycles. The van der Waals surface area contributed by atoms with Crippen molar-refractivity contribution in [2.45, 2.75) is 31.3 Å². The molecule has 0 saturated heterocycles. The molecular formula is C9H20N2O. The number of likely N-dealkylation sites (N-methyl/N-ethyl adjacent to an activating group) is 1. The number of hydrogen-bond donors (Lipinski definition) is 2. The van der Waals surface area contributed by atoms with Crippen LogP contribution in [0.1, 0.15) is 19.3 Å². The van der Waals surface area contributed by atoms with Crippen molar-refractivity contribution in [1.82, 2.24) is 4.90 Å². The van der Waals surface area contributed by atoms with E-state index in [9.17, 15) is 0 Å². The minimum atomic E-state index is -0.0784. The second-order valence-electron chi connectivity index (χ2n) is 3.99. The number of nitrogens with zero attached hydrogens (tertiary/aromatic N) is 1. The molecular weight excluding hydrogens is 152 g/mol.